The van der Waals surface area contributed by atoms with Gasteiger partial charge >= 0.3 is 0 Å². The molecule has 0 unspecified atom stereocenters. The molecule has 0 aromatic heterocycles. The average molecular weight is 138 g/mol. The molecule has 0 heterocycles. The van der Waals surface area contributed by atoms with Gasteiger partial charge in [0.15, 0.2) is 0 Å². The molecule has 2 fully saturated rings. The van der Waals surface area contributed by atoms with Crippen LogP contribution in [-0.4, -0.2) is 5.78 Å². The van der Waals surface area contributed by atoms with E-state index < -0.39 is 0 Å². The lowest BCUT2D eigenvalue weighted by molar-refractivity contribution is -0.121. The van der Waals surface area contributed by atoms with Gasteiger partial charge in [-0.3, -0.25) is 4.79 Å². The average Bonchev–Trinajstić information content (AvgIpc) is 2.38. The van der Waals surface area contributed by atoms with E-state index in [4.69, 9.17) is 0 Å². The minimum atomic E-state index is 0.369. The SMILES string of the molecule is CC1(C)[C@@H]2C(=O)CCC[C@@H]21. The predicted octanol–water partition coefficient (Wildman–Crippen LogP) is 2.01. The number of rotatable bonds is 0. The molecule has 0 spiro atoms. The van der Waals surface area contributed by atoms with Crippen molar-refractivity contribution in [1.29, 1.82) is 0 Å². The van der Waals surface area contributed by atoms with Crippen molar-refractivity contribution in [3.05, 3.63) is 0 Å². The van der Waals surface area contributed by atoms with Crippen molar-refractivity contribution in [2.45, 2.75) is 33.1 Å². The van der Waals surface area contributed by atoms with E-state index in [1.165, 1.54) is 6.42 Å². The topological polar surface area (TPSA) is 17.1 Å². The fourth-order valence-electron chi connectivity index (χ4n) is 2.57. The number of hydrogen-bond donors (Lipinski definition) is 0. The standard InChI is InChI=1S/C9H14O/c1-9(2)6-4-3-5-7(10)8(6)9/h6,8H,3-5H2,1-2H3/t6-,8-/m0/s1. The van der Waals surface area contributed by atoms with Crippen molar-refractivity contribution < 1.29 is 4.79 Å². The van der Waals surface area contributed by atoms with Gasteiger partial charge in [-0.1, -0.05) is 13.8 Å². The van der Waals surface area contributed by atoms with Gasteiger partial charge in [-0.05, 0) is 24.2 Å². The number of Topliss-reactive ketones (excluding diaryl/α,β-unsaturated/α-hetero) is 1. The fraction of sp³-hybridized carbons (Fsp3) is 0.889. The van der Waals surface area contributed by atoms with E-state index >= 15 is 0 Å². The van der Waals surface area contributed by atoms with E-state index in [0.717, 1.165) is 18.8 Å². The number of carbonyl (C=O) groups excluding carboxylic acids is 1. The molecule has 0 bridgehead atoms. The molecule has 1 heteroatoms. The second kappa shape index (κ2) is 1.63. The second-order valence-electron chi connectivity index (χ2n) is 4.26. The minimum absolute atomic E-state index is 0.369. The molecule has 56 valence electrons. The quantitative estimate of drug-likeness (QED) is 0.500. The van der Waals surface area contributed by atoms with E-state index in [9.17, 15) is 4.79 Å². The zero-order valence-electron chi connectivity index (χ0n) is 6.68. The Balaban J connectivity index is 2.18. The van der Waals surface area contributed by atoms with Crippen LogP contribution in [0, 0.1) is 17.3 Å². The van der Waals surface area contributed by atoms with E-state index in [1.54, 1.807) is 0 Å². The van der Waals surface area contributed by atoms with Gasteiger partial charge < -0.3 is 0 Å². The van der Waals surface area contributed by atoms with Gasteiger partial charge in [0.25, 0.3) is 0 Å². The first-order chi connectivity index (χ1) is 4.64. The highest BCUT2D eigenvalue weighted by Crippen LogP contribution is 2.63. The summed E-state index contributed by atoms with van der Waals surface area (Å²) in [5, 5.41) is 0. The third kappa shape index (κ3) is 0.609. The largest absolute Gasteiger partial charge is 0.299 e. The van der Waals surface area contributed by atoms with Gasteiger partial charge in [0.05, 0.1) is 0 Å². The monoisotopic (exact) mass is 138 g/mol. The normalized spacial score (nSPS) is 42.8. The Morgan fingerprint density at radius 2 is 2.20 bits per heavy atom. The Morgan fingerprint density at radius 3 is 2.70 bits per heavy atom. The first-order valence-electron chi connectivity index (χ1n) is 4.17. The van der Waals surface area contributed by atoms with Crippen LogP contribution in [0.2, 0.25) is 0 Å². The first kappa shape index (κ1) is 6.38. The summed E-state index contributed by atoms with van der Waals surface area (Å²) in [6, 6.07) is 0. The summed E-state index contributed by atoms with van der Waals surface area (Å²) in [6.07, 6.45) is 3.29. The Hall–Kier alpha value is -0.330. The zero-order chi connectivity index (χ0) is 7.35. The lowest BCUT2D eigenvalue weighted by atomic mass is 10.00. The van der Waals surface area contributed by atoms with Crippen molar-refractivity contribution in [3.63, 3.8) is 0 Å². The molecule has 0 saturated heterocycles. The van der Waals surface area contributed by atoms with Crippen LogP contribution in [0.15, 0.2) is 0 Å². The van der Waals surface area contributed by atoms with Crippen LogP contribution in [0.5, 0.6) is 0 Å². The van der Waals surface area contributed by atoms with E-state index in [2.05, 4.69) is 13.8 Å². The minimum Gasteiger partial charge on any atom is -0.299 e. The van der Waals surface area contributed by atoms with Gasteiger partial charge in [0, 0.05) is 12.3 Å². The Bertz CT molecular complexity index is 181. The lowest BCUT2D eigenvalue weighted by Crippen LogP contribution is -2.08. The summed E-state index contributed by atoms with van der Waals surface area (Å²) < 4.78 is 0. The van der Waals surface area contributed by atoms with Crippen molar-refractivity contribution in [3.8, 4) is 0 Å². The van der Waals surface area contributed by atoms with Crippen molar-refractivity contribution in [1.82, 2.24) is 0 Å². The highest BCUT2D eigenvalue weighted by molar-refractivity contribution is 5.86. The van der Waals surface area contributed by atoms with Crippen molar-refractivity contribution in [2.24, 2.45) is 17.3 Å². The molecule has 0 radical (unpaired) electrons. The summed E-state index contributed by atoms with van der Waals surface area (Å²) in [5.41, 5.74) is 0.369. The highest BCUT2D eigenvalue weighted by Gasteiger charge is 2.61. The maximum atomic E-state index is 11.3. The molecule has 2 saturated carbocycles. The van der Waals surface area contributed by atoms with Gasteiger partial charge in [-0.2, -0.15) is 0 Å². The van der Waals surface area contributed by atoms with Gasteiger partial charge in [0.2, 0.25) is 0 Å². The van der Waals surface area contributed by atoms with Gasteiger partial charge in [-0.15, -0.1) is 0 Å². The molecule has 2 rings (SSSR count). The number of hydrogen-bond acceptors (Lipinski definition) is 1. The molecule has 0 amide bonds. The first-order valence-corrected chi connectivity index (χ1v) is 4.17. The smallest absolute Gasteiger partial charge is 0.136 e. The number of ketones is 1. The molecule has 2 aliphatic rings. The van der Waals surface area contributed by atoms with E-state index in [0.29, 0.717) is 17.1 Å². The predicted molar refractivity (Wildman–Crippen MR) is 39.6 cm³/mol. The highest BCUT2D eigenvalue weighted by atomic mass is 16.1. The number of fused-ring (bicyclic) bond motifs is 1. The molecule has 0 aliphatic heterocycles. The van der Waals surface area contributed by atoms with Gasteiger partial charge in [-0.25, -0.2) is 0 Å². The van der Waals surface area contributed by atoms with Crippen LogP contribution in [0.25, 0.3) is 0 Å². The maximum absolute atomic E-state index is 11.3. The molecular formula is C9H14O. The summed E-state index contributed by atoms with van der Waals surface area (Å²) in [7, 11) is 0. The molecule has 0 aromatic carbocycles. The molecule has 2 aliphatic carbocycles. The summed E-state index contributed by atoms with van der Waals surface area (Å²) >= 11 is 0. The Labute approximate surface area is 61.8 Å². The molecule has 0 aromatic rings. The molecule has 10 heavy (non-hydrogen) atoms. The molecular weight excluding hydrogens is 124 g/mol. The van der Waals surface area contributed by atoms with Crippen LogP contribution in [0.4, 0.5) is 0 Å². The van der Waals surface area contributed by atoms with E-state index in [1.807, 2.05) is 0 Å². The van der Waals surface area contributed by atoms with Gasteiger partial charge in [0.1, 0.15) is 5.78 Å². The Kier molecular flexibility index (Phi) is 1.04. The third-order valence-electron chi connectivity index (χ3n) is 3.34. The summed E-state index contributed by atoms with van der Waals surface area (Å²) in [5.74, 6) is 1.72. The fourth-order valence-corrected chi connectivity index (χ4v) is 2.57. The van der Waals surface area contributed by atoms with Crippen LogP contribution in [-0.2, 0) is 4.79 Å². The van der Waals surface area contributed by atoms with Crippen molar-refractivity contribution >= 4 is 5.78 Å². The molecule has 0 N–H and O–H groups in total. The third-order valence-corrected chi connectivity index (χ3v) is 3.34. The molecule has 2 atom stereocenters. The van der Waals surface area contributed by atoms with Crippen LogP contribution in [0.1, 0.15) is 33.1 Å². The van der Waals surface area contributed by atoms with E-state index in [-0.39, 0.29) is 0 Å². The maximum Gasteiger partial charge on any atom is 0.136 e. The van der Waals surface area contributed by atoms with Crippen molar-refractivity contribution in [2.75, 3.05) is 0 Å². The zero-order valence-corrected chi connectivity index (χ0v) is 6.68. The number of carbonyl (C=O) groups is 1. The van der Waals surface area contributed by atoms with Crippen LogP contribution in [0.3, 0.4) is 0 Å². The lowest BCUT2D eigenvalue weighted by Gasteiger charge is -2.04. The summed E-state index contributed by atoms with van der Waals surface area (Å²) in [6.45, 7) is 4.46. The molecule has 1 nitrogen and oxygen atoms in total. The summed E-state index contributed by atoms with van der Waals surface area (Å²) in [4.78, 5) is 11.3. The van der Waals surface area contributed by atoms with Crippen LogP contribution < -0.4 is 0 Å². The second-order valence-corrected chi connectivity index (χ2v) is 4.26. The Morgan fingerprint density at radius 1 is 1.50 bits per heavy atom. The van der Waals surface area contributed by atoms with Crippen LogP contribution >= 0.6 is 0 Å².